The SMILES string of the molecule is Cc1ccc(C)c(C(OS(C)(=O)=O)C2CCC(=O)N2CCNC(=O)OC(C)(C)C)c1. The molecule has 0 spiro atoms. The standard InChI is InChI=1S/C21H32N2O6S/c1-14-7-8-15(2)16(13-14)19(29-30(6,26)27)17-9-10-18(24)23(17)12-11-22-20(25)28-21(3,4)5/h7-8,13,17,19H,9-12H2,1-6H3,(H,22,25). The van der Waals surface area contributed by atoms with Gasteiger partial charge in [0.05, 0.1) is 12.3 Å². The second kappa shape index (κ2) is 9.34. The molecule has 1 aliphatic rings. The van der Waals surface area contributed by atoms with Crippen molar-refractivity contribution >= 4 is 22.1 Å². The van der Waals surface area contributed by atoms with E-state index in [0.717, 1.165) is 22.9 Å². The topological polar surface area (TPSA) is 102 Å². The predicted molar refractivity (Wildman–Crippen MR) is 114 cm³/mol. The van der Waals surface area contributed by atoms with Gasteiger partial charge < -0.3 is 15.0 Å². The van der Waals surface area contributed by atoms with Gasteiger partial charge in [-0.15, -0.1) is 0 Å². The third-order valence-electron chi connectivity index (χ3n) is 4.76. The van der Waals surface area contributed by atoms with Crippen LogP contribution in [0, 0.1) is 13.8 Å². The minimum Gasteiger partial charge on any atom is -0.444 e. The molecule has 168 valence electrons. The van der Waals surface area contributed by atoms with Crippen LogP contribution >= 0.6 is 0 Å². The zero-order valence-electron chi connectivity index (χ0n) is 18.5. The number of amides is 2. The highest BCUT2D eigenvalue weighted by molar-refractivity contribution is 7.86. The third-order valence-corrected chi connectivity index (χ3v) is 5.32. The Hall–Kier alpha value is -2.13. The van der Waals surface area contributed by atoms with Crippen LogP contribution in [0.25, 0.3) is 0 Å². The summed E-state index contributed by atoms with van der Waals surface area (Å²) in [5.41, 5.74) is 1.98. The van der Waals surface area contributed by atoms with Crippen LogP contribution in [0.5, 0.6) is 0 Å². The number of hydrogen-bond acceptors (Lipinski definition) is 6. The molecule has 1 fully saturated rings. The van der Waals surface area contributed by atoms with E-state index in [-0.39, 0.29) is 19.0 Å². The van der Waals surface area contributed by atoms with Crippen LogP contribution in [0.2, 0.25) is 0 Å². The van der Waals surface area contributed by atoms with Crippen molar-refractivity contribution in [2.75, 3.05) is 19.3 Å². The monoisotopic (exact) mass is 440 g/mol. The van der Waals surface area contributed by atoms with Crippen molar-refractivity contribution < 1.29 is 26.9 Å². The van der Waals surface area contributed by atoms with E-state index in [0.29, 0.717) is 12.8 Å². The number of carbonyl (C=O) groups is 2. The number of nitrogens with one attached hydrogen (secondary N) is 1. The smallest absolute Gasteiger partial charge is 0.407 e. The molecular formula is C21H32N2O6S. The van der Waals surface area contributed by atoms with Crippen molar-refractivity contribution in [2.45, 2.75) is 65.2 Å². The maximum Gasteiger partial charge on any atom is 0.407 e. The molecule has 9 heteroatoms. The molecule has 30 heavy (non-hydrogen) atoms. The van der Waals surface area contributed by atoms with E-state index in [2.05, 4.69) is 5.32 Å². The number of hydrogen-bond donors (Lipinski definition) is 1. The van der Waals surface area contributed by atoms with Crippen LogP contribution in [-0.2, 0) is 23.8 Å². The van der Waals surface area contributed by atoms with Crippen molar-refractivity contribution in [2.24, 2.45) is 0 Å². The maximum absolute atomic E-state index is 12.5. The summed E-state index contributed by atoms with van der Waals surface area (Å²) >= 11 is 0. The fourth-order valence-electron chi connectivity index (χ4n) is 3.53. The first-order valence-electron chi connectivity index (χ1n) is 9.98. The van der Waals surface area contributed by atoms with Gasteiger partial charge in [0, 0.05) is 19.5 Å². The molecule has 0 aromatic heterocycles. The maximum atomic E-state index is 12.5. The van der Waals surface area contributed by atoms with Gasteiger partial charge in [-0.1, -0.05) is 23.8 Å². The second-order valence-electron chi connectivity index (χ2n) is 8.70. The Bertz CT molecular complexity index is 891. The lowest BCUT2D eigenvalue weighted by molar-refractivity contribution is -0.130. The molecule has 1 aromatic rings. The average molecular weight is 441 g/mol. The number of likely N-dealkylation sites (tertiary alicyclic amines) is 1. The van der Waals surface area contributed by atoms with Crippen molar-refractivity contribution in [1.82, 2.24) is 10.2 Å². The first kappa shape index (κ1) is 24.1. The van der Waals surface area contributed by atoms with E-state index in [4.69, 9.17) is 8.92 Å². The van der Waals surface area contributed by atoms with E-state index in [1.807, 2.05) is 32.0 Å². The predicted octanol–water partition coefficient (Wildman–Crippen LogP) is 2.84. The Morgan fingerprint density at radius 2 is 1.97 bits per heavy atom. The molecule has 2 atom stereocenters. The summed E-state index contributed by atoms with van der Waals surface area (Å²) in [7, 11) is -3.76. The first-order chi connectivity index (χ1) is 13.8. The van der Waals surface area contributed by atoms with E-state index in [1.54, 1.807) is 25.7 Å². The van der Waals surface area contributed by atoms with Gasteiger partial charge in [0.15, 0.2) is 0 Å². The molecule has 1 aromatic carbocycles. The fraction of sp³-hybridized carbons (Fsp3) is 0.619. The molecule has 2 unspecified atom stereocenters. The molecule has 8 nitrogen and oxygen atoms in total. The van der Waals surface area contributed by atoms with Gasteiger partial charge in [-0.3, -0.25) is 8.98 Å². The molecule has 1 heterocycles. The van der Waals surface area contributed by atoms with E-state index in [1.165, 1.54) is 0 Å². The van der Waals surface area contributed by atoms with Gasteiger partial charge in [0.2, 0.25) is 5.91 Å². The van der Waals surface area contributed by atoms with Crippen molar-refractivity contribution in [1.29, 1.82) is 0 Å². The molecule has 0 saturated carbocycles. The summed E-state index contributed by atoms with van der Waals surface area (Å²) < 4.78 is 34.7. The summed E-state index contributed by atoms with van der Waals surface area (Å²) in [6, 6.07) is 5.30. The molecule has 1 aliphatic heterocycles. The normalized spacial score (nSPS) is 18.4. The summed E-state index contributed by atoms with van der Waals surface area (Å²) in [5.74, 6) is -0.0987. The molecule has 0 aliphatic carbocycles. The van der Waals surface area contributed by atoms with Gasteiger partial charge in [0.25, 0.3) is 10.1 Å². The number of carbonyl (C=O) groups excluding carboxylic acids is 2. The quantitative estimate of drug-likeness (QED) is 0.654. The van der Waals surface area contributed by atoms with Crippen molar-refractivity contribution in [3.05, 3.63) is 34.9 Å². The van der Waals surface area contributed by atoms with Gasteiger partial charge in [-0.2, -0.15) is 8.42 Å². The summed E-state index contributed by atoms with van der Waals surface area (Å²) in [6.45, 7) is 9.53. The van der Waals surface area contributed by atoms with Crippen LogP contribution in [0.15, 0.2) is 18.2 Å². The van der Waals surface area contributed by atoms with Crippen molar-refractivity contribution in [3.63, 3.8) is 0 Å². The van der Waals surface area contributed by atoms with Gasteiger partial charge in [0.1, 0.15) is 11.7 Å². The van der Waals surface area contributed by atoms with Crippen LogP contribution in [0.3, 0.4) is 0 Å². The summed E-state index contributed by atoms with van der Waals surface area (Å²) in [4.78, 5) is 26.0. The highest BCUT2D eigenvalue weighted by Crippen LogP contribution is 2.35. The molecule has 2 amide bonds. The Kier molecular flexibility index (Phi) is 7.52. The first-order valence-corrected chi connectivity index (χ1v) is 11.8. The second-order valence-corrected chi connectivity index (χ2v) is 10.3. The number of benzene rings is 1. The van der Waals surface area contributed by atoms with Crippen molar-refractivity contribution in [3.8, 4) is 0 Å². The largest absolute Gasteiger partial charge is 0.444 e. The average Bonchev–Trinajstić information content (AvgIpc) is 2.93. The van der Waals surface area contributed by atoms with E-state index < -0.39 is 34.0 Å². The van der Waals surface area contributed by atoms with Gasteiger partial charge in [-0.25, -0.2) is 4.79 Å². The lowest BCUT2D eigenvalue weighted by Gasteiger charge is -2.32. The molecule has 0 radical (unpaired) electrons. The Morgan fingerprint density at radius 3 is 2.57 bits per heavy atom. The number of aryl methyl sites for hydroxylation is 2. The molecule has 1 N–H and O–H groups in total. The zero-order chi connectivity index (χ0) is 22.7. The van der Waals surface area contributed by atoms with E-state index >= 15 is 0 Å². The van der Waals surface area contributed by atoms with Gasteiger partial charge in [-0.05, 0) is 52.2 Å². The summed E-state index contributed by atoms with van der Waals surface area (Å²) in [6.07, 6.45) is 0.401. The minimum absolute atomic E-state index is 0.0987. The van der Waals surface area contributed by atoms with E-state index in [9.17, 15) is 18.0 Å². The molecule has 0 bridgehead atoms. The fourth-order valence-corrected chi connectivity index (χ4v) is 4.14. The molecular weight excluding hydrogens is 408 g/mol. The number of rotatable bonds is 7. The lowest BCUT2D eigenvalue weighted by atomic mass is 9.95. The Morgan fingerprint density at radius 1 is 1.30 bits per heavy atom. The highest BCUT2D eigenvalue weighted by atomic mass is 32.2. The molecule has 1 saturated heterocycles. The van der Waals surface area contributed by atoms with Crippen LogP contribution in [-0.4, -0.2) is 56.3 Å². The number of nitrogens with zero attached hydrogens (tertiary/aromatic N) is 1. The van der Waals surface area contributed by atoms with Crippen LogP contribution < -0.4 is 5.32 Å². The lowest BCUT2D eigenvalue weighted by Crippen LogP contribution is -2.44. The van der Waals surface area contributed by atoms with Crippen LogP contribution in [0.4, 0.5) is 4.79 Å². The van der Waals surface area contributed by atoms with Crippen LogP contribution in [0.1, 0.15) is 56.4 Å². The highest BCUT2D eigenvalue weighted by Gasteiger charge is 2.40. The Balaban J connectivity index is 2.21. The minimum atomic E-state index is -3.76. The number of alkyl carbamates (subject to hydrolysis) is 1. The summed E-state index contributed by atoms with van der Waals surface area (Å²) in [5, 5.41) is 2.64. The number of ether oxygens (including phenoxy) is 1. The zero-order valence-corrected chi connectivity index (χ0v) is 19.3. The van der Waals surface area contributed by atoms with Gasteiger partial charge >= 0.3 is 6.09 Å². The Labute approximate surface area is 179 Å². The third kappa shape index (κ3) is 6.98. The molecule has 2 rings (SSSR count).